The van der Waals surface area contributed by atoms with E-state index in [0.29, 0.717) is 24.9 Å². The molecule has 2 aromatic carbocycles. The van der Waals surface area contributed by atoms with Crippen molar-refractivity contribution in [2.75, 3.05) is 0 Å². The van der Waals surface area contributed by atoms with E-state index in [9.17, 15) is 23.2 Å². The lowest BCUT2D eigenvalue weighted by molar-refractivity contribution is -0.160. The third-order valence-corrected chi connectivity index (χ3v) is 5.84. The summed E-state index contributed by atoms with van der Waals surface area (Å²) >= 11 is 0. The molecule has 0 spiro atoms. The Balaban J connectivity index is 1.81. The predicted molar refractivity (Wildman–Crippen MR) is 116 cm³/mol. The molecule has 0 aromatic heterocycles. The Morgan fingerprint density at radius 1 is 1.16 bits per heavy atom. The molecular weight excluding hydrogens is 415 g/mol. The van der Waals surface area contributed by atoms with E-state index in [1.165, 1.54) is 12.1 Å². The van der Waals surface area contributed by atoms with Crippen LogP contribution in [0.1, 0.15) is 50.6 Å². The number of nitrogens with zero attached hydrogens (tertiary/aromatic N) is 2. The quantitative estimate of drug-likeness (QED) is 0.452. The van der Waals surface area contributed by atoms with Gasteiger partial charge in [0.15, 0.2) is 11.5 Å². The van der Waals surface area contributed by atoms with Gasteiger partial charge in [-0.05, 0) is 36.0 Å². The zero-order chi connectivity index (χ0) is 23.4. The third-order valence-electron chi connectivity index (χ3n) is 5.84. The number of carbonyl (C=O) groups excluding carboxylic acids is 1. The van der Waals surface area contributed by atoms with Gasteiger partial charge in [-0.2, -0.15) is 18.4 Å². The standard InChI is InChI=1S/C25H24F3N3O/c1-3-4-21(22(32)15-24(16-29)13-14-24)31-23(25(26,27)28)19-7-5-17(6-8-19)18-9-11-20(30-2)12-10-18/h5-12,21,23,31H,3-4,13-15H2,1H3/t21-,23-/m0/s1. The van der Waals surface area contributed by atoms with Crippen molar-refractivity contribution in [3.63, 3.8) is 0 Å². The molecule has 4 nitrogen and oxygen atoms in total. The molecule has 32 heavy (non-hydrogen) atoms. The molecule has 0 unspecified atom stereocenters. The van der Waals surface area contributed by atoms with Crippen LogP contribution < -0.4 is 5.32 Å². The number of Topliss-reactive ketones (excluding diaryl/α,β-unsaturated/α-hetero) is 1. The Hall–Kier alpha value is -3.16. The average Bonchev–Trinajstić information content (AvgIpc) is 3.56. The van der Waals surface area contributed by atoms with Gasteiger partial charge in [-0.25, -0.2) is 4.85 Å². The first-order valence-electron chi connectivity index (χ1n) is 10.6. The lowest BCUT2D eigenvalue weighted by Gasteiger charge is -2.27. The van der Waals surface area contributed by atoms with Crippen molar-refractivity contribution < 1.29 is 18.0 Å². The first-order chi connectivity index (χ1) is 15.2. The summed E-state index contributed by atoms with van der Waals surface area (Å²) in [7, 11) is 0. The van der Waals surface area contributed by atoms with Crippen LogP contribution >= 0.6 is 0 Å². The summed E-state index contributed by atoms with van der Waals surface area (Å²) in [5.74, 6) is -0.336. The second-order valence-corrected chi connectivity index (χ2v) is 8.30. The van der Waals surface area contributed by atoms with Gasteiger partial charge in [-0.3, -0.25) is 10.1 Å². The maximum atomic E-state index is 13.9. The number of nitriles is 1. The second kappa shape index (κ2) is 9.54. The van der Waals surface area contributed by atoms with Crippen LogP contribution in [0.25, 0.3) is 16.0 Å². The minimum Gasteiger partial charge on any atom is -0.298 e. The van der Waals surface area contributed by atoms with E-state index in [0.717, 1.165) is 11.1 Å². The van der Waals surface area contributed by atoms with Crippen molar-refractivity contribution in [3.05, 3.63) is 65.5 Å². The normalized spacial score (nSPS) is 16.4. The highest BCUT2D eigenvalue weighted by atomic mass is 19.4. The lowest BCUT2D eigenvalue weighted by Crippen LogP contribution is -2.45. The highest BCUT2D eigenvalue weighted by molar-refractivity contribution is 5.85. The van der Waals surface area contributed by atoms with Crippen LogP contribution in [0.5, 0.6) is 0 Å². The minimum absolute atomic E-state index is 0.00865. The van der Waals surface area contributed by atoms with Crippen LogP contribution in [0.2, 0.25) is 0 Å². The van der Waals surface area contributed by atoms with Crippen molar-refractivity contribution in [2.45, 2.75) is 57.3 Å². The predicted octanol–water partition coefficient (Wildman–Crippen LogP) is 6.53. The molecule has 3 rings (SSSR count). The second-order valence-electron chi connectivity index (χ2n) is 8.30. The van der Waals surface area contributed by atoms with E-state index < -0.39 is 23.7 Å². The van der Waals surface area contributed by atoms with Crippen molar-refractivity contribution in [3.8, 4) is 17.2 Å². The van der Waals surface area contributed by atoms with Crippen molar-refractivity contribution in [1.82, 2.24) is 5.32 Å². The highest BCUT2D eigenvalue weighted by Gasteiger charge is 2.47. The monoisotopic (exact) mass is 439 g/mol. The summed E-state index contributed by atoms with van der Waals surface area (Å²) in [6.45, 7) is 8.82. The maximum absolute atomic E-state index is 13.9. The fourth-order valence-corrected chi connectivity index (χ4v) is 3.74. The molecule has 166 valence electrons. The summed E-state index contributed by atoms with van der Waals surface area (Å²) in [6, 6.07) is 12.0. The van der Waals surface area contributed by atoms with Gasteiger partial charge in [0.25, 0.3) is 0 Å². The van der Waals surface area contributed by atoms with E-state index in [4.69, 9.17) is 6.57 Å². The first-order valence-corrected chi connectivity index (χ1v) is 10.6. The SMILES string of the molecule is [C-]#[N+]c1ccc(-c2ccc([C@H](N[C@@H](CCC)C(=O)CC3(C#N)CC3)C(F)(F)F)cc2)cc1. The molecule has 1 N–H and O–H groups in total. The molecule has 1 fully saturated rings. The molecule has 1 saturated carbocycles. The number of nitrogens with one attached hydrogen (secondary N) is 1. The third kappa shape index (κ3) is 5.55. The number of halogens is 3. The summed E-state index contributed by atoms with van der Waals surface area (Å²) in [4.78, 5) is 16.1. The van der Waals surface area contributed by atoms with Crippen LogP contribution in [-0.2, 0) is 4.79 Å². The van der Waals surface area contributed by atoms with E-state index in [1.54, 1.807) is 36.4 Å². The van der Waals surface area contributed by atoms with Gasteiger partial charge < -0.3 is 0 Å². The Morgan fingerprint density at radius 2 is 1.72 bits per heavy atom. The largest absolute Gasteiger partial charge is 0.407 e. The van der Waals surface area contributed by atoms with Crippen molar-refractivity contribution in [2.24, 2.45) is 5.41 Å². The van der Waals surface area contributed by atoms with E-state index in [-0.39, 0.29) is 24.2 Å². The number of ketones is 1. The number of carbonyl (C=O) groups is 1. The van der Waals surface area contributed by atoms with Gasteiger partial charge >= 0.3 is 6.18 Å². The number of alkyl halides is 3. The van der Waals surface area contributed by atoms with E-state index in [2.05, 4.69) is 16.2 Å². The molecule has 1 aliphatic carbocycles. The molecule has 0 bridgehead atoms. The molecule has 0 amide bonds. The number of hydrogen-bond donors (Lipinski definition) is 1. The van der Waals surface area contributed by atoms with Gasteiger partial charge in [0.1, 0.15) is 6.04 Å². The Morgan fingerprint density at radius 3 is 2.16 bits per heavy atom. The molecule has 0 radical (unpaired) electrons. The number of benzene rings is 2. The summed E-state index contributed by atoms with van der Waals surface area (Å²) in [6.07, 6.45) is -2.53. The average molecular weight is 439 g/mol. The number of hydrogen-bond acceptors (Lipinski definition) is 3. The highest BCUT2D eigenvalue weighted by Crippen LogP contribution is 2.48. The van der Waals surface area contributed by atoms with Crippen molar-refractivity contribution >= 4 is 11.5 Å². The first kappa shape index (κ1) is 23.5. The molecule has 0 heterocycles. The van der Waals surface area contributed by atoms with Gasteiger partial charge in [0.05, 0.1) is 24.1 Å². The van der Waals surface area contributed by atoms with Crippen LogP contribution in [0.15, 0.2) is 48.5 Å². The Bertz CT molecular complexity index is 1030. The topological polar surface area (TPSA) is 57.2 Å². The lowest BCUT2D eigenvalue weighted by atomic mass is 9.93. The smallest absolute Gasteiger partial charge is 0.298 e. The zero-order valence-electron chi connectivity index (χ0n) is 17.7. The number of rotatable bonds is 9. The van der Waals surface area contributed by atoms with Crippen LogP contribution in [-0.4, -0.2) is 18.0 Å². The molecule has 2 aromatic rings. The summed E-state index contributed by atoms with van der Waals surface area (Å²) in [5.41, 5.74) is 1.35. The zero-order valence-corrected chi connectivity index (χ0v) is 17.7. The molecular formula is C25H24F3N3O. The minimum atomic E-state index is -4.59. The Labute approximate surface area is 185 Å². The fraction of sp³-hybridized carbons (Fsp3) is 0.400. The van der Waals surface area contributed by atoms with Gasteiger partial charge in [-0.1, -0.05) is 61.9 Å². The van der Waals surface area contributed by atoms with Crippen LogP contribution in [0, 0.1) is 23.3 Å². The Kier molecular flexibility index (Phi) is 7.01. The molecule has 1 aliphatic rings. The molecule has 2 atom stereocenters. The fourth-order valence-electron chi connectivity index (χ4n) is 3.74. The molecule has 7 heteroatoms. The van der Waals surface area contributed by atoms with Gasteiger partial charge in [0.2, 0.25) is 0 Å². The van der Waals surface area contributed by atoms with E-state index in [1.807, 2.05) is 6.92 Å². The summed E-state index contributed by atoms with van der Waals surface area (Å²) in [5, 5.41) is 11.8. The molecule has 0 saturated heterocycles. The molecule has 0 aliphatic heterocycles. The van der Waals surface area contributed by atoms with Gasteiger partial charge in [0, 0.05) is 6.42 Å². The maximum Gasteiger partial charge on any atom is 0.407 e. The van der Waals surface area contributed by atoms with Crippen LogP contribution in [0.4, 0.5) is 18.9 Å². The van der Waals surface area contributed by atoms with Crippen molar-refractivity contribution in [1.29, 1.82) is 5.26 Å². The van der Waals surface area contributed by atoms with Crippen LogP contribution in [0.3, 0.4) is 0 Å². The van der Waals surface area contributed by atoms with E-state index >= 15 is 0 Å². The van der Waals surface area contributed by atoms with Gasteiger partial charge in [-0.15, -0.1) is 0 Å². The summed E-state index contributed by atoms with van der Waals surface area (Å²) < 4.78 is 41.8.